The molecule has 1 N–H and O–H groups in total. The van der Waals surface area contributed by atoms with E-state index in [-0.39, 0.29) is 11.9 Å². The third-order valence-electron chi connectivity index (χ3n) is 4.23. The number of nitrogens with zero attached hydrogens (tertiary/aromatic N) is 5. The number of hydrogen-bond donors (Lipinski definition) is 1. The molecule has 0 aliphatic carbocycles. The first-order valence-electron chi connectivity index (χ1n) is 8.09. The van der Waals surface area contributed by atoms with Crippen molar-refractivity contribution in [1.29, 1.82) is 0 Å². The number of carbonyl (C=O) groups excluding carboxylic acids is 1. The second kappa shape index (κ2) is 6.64. The number of aryl methyl sites for hydroxylation is 1. The van der Waals surface area contributed by atoms with Crippen molar-refractivity contribution in [1.82, 2.24) is 25.1 Å². The molecule has 1 amide bonds. The Kier molecular flexibility index (Phi) is 4.19. The summed E-state index contributed by atoms with van der Waals surface area (Å²) in [7, 11) is 1.88. The highest BCUT2D eigenvalue weighted by Gasteiger charge is 2.26. The summed E-state index contributed by atoms with van der Waals surface area (Å²) >= 11 is 1.53. The smallest absolute Gasteiger partial charge is 0.252 e. The van der Waals surface area contributed by atoms with Gasteiger partial charge in [-0.05, 0) is 23.9 Å². The summed E-state index contributed by atoms with van der Waals surface area (Å²) in [5.74, 6) is 0.673. The van der Waals surface area contributed by atoms with Crippen LogP contribution in [-0.2, 0) is 7.05 Å². The van der Waals surface area contributed by atoms with Gasteiger partial charge in [0.2, 0.25) is 5.95 Å². The molecule has 1 aliphatic heterocycles. The molecule has 0 saturated carbocycles. The average Bonchev–Trinajstić information content (AvgIpc) is 3.36. The van der Waals surface area contributed by atoms with Crippen LogP contribution in [0, 0.1) is 0 Å². The summed E-state index contributed by atoms with van der Waals surface area (Å²) in [6.45, 7) is 1.54. The van der Waals surface area contributed by atoms with E-state index < -0.39 is 0 Å². The highest BCUT2D eigenvalue weighted by atomic mass is 32.1. The number of rotatable bonds is 4. The number of anilines is 1. The van der Waals surface area contributed by atoms with Crippen molar-refractivity contribution in [2.45, 2.75) is 12.5 Å². The molecule has 25 heavy (non-hydrogen) atoms. The van der Waals surface area contributed by atoms with E-state index in [0.29, 0.717) is 12.5 Å². The molecule has 1 atom stereocenters. The van der Waals surface area contributed by atoms with Crippen LogP contribution in [0.15, 0.2) is 41.5 Å². The Hall–Kier alpha value is -2.74. The van der Waals surface area contributed by atoms with Crippen LogP contribution in [-0.4, -0.2) is 44.8 Å². The number of carbonyl (C=O) groups is 1. The zero-order valence-electron chi connectivity index (χ0n) is 13.8. The van der Waals surface area contributed by atoms with Gasteiger partial charge in [-0.25, -0.2) is 9.97 Å². The molecule has 1 saturated heterocycles. The summed E-state index contributed by atoms with van der Waals surface area (Å²) in [6, 6.07) is 3.83. The third-order valence-corrected chi connectivity index (χ3v) is 4.92. The summed E-state index contributed by atoms with van der Waals surface area (Å²) in [5, 5.41) is 11.0. The molecule has 1 fully saturated rings. The summed E-state index contributed by atoms with van der Waals surface area (Å²) in [4.78, 5) is 23.3. The monoisotopic (exact) mass is 354 g/mol. The minimum absolute atomic E-state index is 0.0156. The molecule has 0 bridgehead atoms. The van der Waals surface area contributed by atoms with Gasteiger partial charge >= 0.3 is 0 Å². The van der Waals surface area contributed by atoms with E-state index in [2.05, 4.69) is 25.3 Å². The second-order valence-electron chi connectivity index (χ2n) is 6.06. The zero-order chi connectivity index (χ0) is 17.2. The Balaban J connectivity index is 1.44. The van der Waals surface area contributed by atoms with Gasteiger partial charge in [-0.1, -0.05) is 0 Å². The molecule has 0 spiro atoms. The summed E-state index contributed by atoms with van der Waals surface area (Å²) in [6.07, 6.45) is 6.37. The number of amides is 1. The first-order valence-corrected chi connectivity index (χ1v) is 9.03. The van der Waals surface area contributed by atoms with E-state index in [0.717, 1.165) is 29.8 Å². The van der Waals surface area contributed by atoms with Crippen molar-refractivity contribution >= 4 is 23.2 Å². The predicted octanol–water partition coefficient (Wildman–Crippen LogP) is 1.95. The van der Waals surface area contributed by atoms with Crippen molar-refractivity contribution < 1.29 is 4.79 Å². The Morgan fingerprint density at radius 3 is 3.08 bits per heavy atom. The fraction of sp³-hybridized carbons (Fsp3) is 0.294. The van der Waals surface area contributed by atoms with Crippen LogP contribution in [0.1, 0.15) is 16.8 Å². The topological polar surface area (TPSA) is 75.9 Å². The van der Waals surface area contributed by atoms with Crippen LogP contribution < -0.4 is 10.2 Å². The summed E-state index contributed by atoms with van der Waals surface area (Å²) in [5.41, 5.74) is 2.54. The lowest BCUT2D eigenvalue weighted by Gasteiger charge is -2.17. The Morgan fingerprint density at radius 1 is 1.40 bits per heavy atom. The molecule has 3 aromatic heterocycles. The van der Waals surface area contributed by atoms with Gasteiger partial charge in [-0.15, -0.1) is 0 Å². The van der Waals surface area contributed by atoms with Crippen LogP contribution >= 0.6 is 11.3 Å². The SMILES string of the molecule is Cn1cc(-c2ccnc(N3CCC(NC(=O)c4ccsc4)C3)n2)cn1. The first kappa shape index (κ1) is 15.8. The lowest BCUT2D eigenvalue weighted by molar-refractivity contribution is 0.0941. The van der Waals surface area contributed by atoms with Gasteiger partial charge in [0.25, 0.3) is 5.91 Å². The largest absolute Gasteiger partial charge is 0.347 e. The van der Waals surface area contributed by atoms with Crippen LogP contribution in [0.3, 0.4) is 0 Å². The van der Waals surface area contributed by atoms with Crippen molar-refractivity contribution in [3.05, 3.63) is 47.0 Å². The Bertz CT molecular complexity index is 875. The number of nitrogens with one attached hydrogen (secondary N) is 1. The van der Waals surface area contributed by atoms with Crippen molar-refractivity contribution in [2.75, 3.05) is 18.0 Å². The molecule has 1 aliphatic rings. The summed E-state index contributed by atoms with van der Waals surface area (Å²) < 4.78 is 1.75. The van der Waals surface area contributed by atoms with Crippen molar-refractivity contribution in [2.24, 2.45) is 7.05 Å². The minimum atomic E-state index is -0.0156. The number of hydrogen-bond acceptors (Lipinski definition) is 6. The van der Waals surface area contributed by atoms with Gasteiger partial charge in [-0.2, -0.15) is 16.4 Å². The molecule has 0 aromatic carbocycles. The van der Waals surface area contributed by atoms with Gasteiger partial charge < -0.3 is 10.2 Å². The van der Waals surface area contributed by atoms with Crippen molar-refractivity contribution in [3.8, 4) is 11.3 Å². The maximum atomic E-state index is 12.2. The van der Waals surface area contributed by atoms with Crippen LogP contribution in [0.2, 0.25) is 0 Å². The van der Waals surface area contributed by atoms with Gasteiger partial charge in [0, 0.05) is 55.1 Å². The van der Waals surface area contributed by atoms with Gasteiger partial charge in [-0.3, -0.25) is 9.48 Å². The van der Waals surface area contributed by atoms with E-state index in [4.69, 9.17) is 0 Å². The lowest BCUT2D eigenvalue weighted by Crippen LogP contribution is -2.37. The molecule has 8 heteroatoms. The van der Waals surface area contributed by atoms with Crippen molar-refractivity contribution in [3.63, 3.8) is 0 Å². The molecule has 4 rings (SSSR count). The number of aromatic nitrogens is 4. The standard InChI is InChI=1S/C17H18N6OS/c1-22-9-13(8-19-22)15-2-5-18-17(21-15)23-6-3-14(10-23)20-16(24)12-4-7-25-11-12/h2,4-5,7-9,11,14H,3,6,10H2,1H3,(H,20,24). The molecular formula is C17H18N6OS. The van der Waals surface area contributed by atoms with Crippen LogP contribution in [0.25, 0.3) is 11.3 Å². The predicted molar refractivity (Wildman–Crippen MR) is 96.6 cm³/mol. The lowest BCUT2D eigenvalue weighted by atomic mass is 10.2. The first-order chi connectivity index (χ1) is 12.2. The van der Waals surface area contributed by atoms with Gasteiger partial charge in [0.05, 0.1) is 11.9 Å². The highest BCUT2D eigenvalue weighted by molar-refractivity contribution is 7.08. The van der Waals surface area contributed by atoms with E-state index >= 15 is 0 Å². The zero-order valence-corrected chi connectivity index (χ0v) is 14.6. The highest BCUT2D eigenvalue weighted by Crippen LogP contribution is 2.21. The molecule has 0 radical (unpaired) electrons. The van der Waals surface area contributed by atoms with E-state index in [1.165, 1.54) is 11.3 Å². The molecule has 128 valence electrons. The van der Waals surface area contributed by atoms with Crippen LogP contribution in [0.5, 0.6) is 0 Å². The third kappa shape index (κ3) is 3.39. The molecule has 1 unspecified atom stereocenters. The second-order valence-corrected chi connectivity index (χ2v) is 6.84. The Morgan fingerprint density at radius 2 is 2.32 bits per heavy atom. The molecule has 7 nitrogen and oxygen atoms in total. The molecule has 4 heterocycles. The average molecular weight is 354 g/mol. The molecule has 3 aromatic rings. The fourth-order valence-corrected chi connectivity index (χ4v) is 3.57. The van der Waals surface area contributed by atoms with E-state index in [9.17, 15) is 4.79 Å². The fourth-order valence-electron chi connectivity index (χ4n) is 2.94. The number of thiophene rings is 1. The van der Waals surface area contributed by atoms with Gasteiger partial charge in [0.1, 0.15) is 0 Å². The van der Waals surface area contributed by atoms with E-state index in [1.807, 2.05) is 36.1 Å². The maximum Gasteiger partial charge on any atom is 0.252 e. The normalized spacial score (nSPS) is 17.0. The van der Waals surface area contributed by atoms with Gasteiger partial charge in [0.15, 0.2) is 0 Å². The minimum Gasteiger partial charge on any atom is -0.347 e. The maximum absolute atomic E-state index is 12.2. The Labute approximate surface area is 149 Å². The molecular weight excluding hydrogens is 336 g/mol. The van der Waals surface area contributed by atoms with Crippen LogP contribution in [0.4, 0.5) is 5.95 Å². The van der Waals surface area contributed by atoms with E-state index in [1.54, 1.807) is 17.1 Å². The quantitative estimate of drug-likeness (QED) is 0.775.